The number of halogens is 2. The molecular formula is C12H16F2N2O2. The number of anilines is 1. The van der Waals surface area contributed by atoms with E-state index in [9.17, 15) is 13.6 Å². The topological polar surface area (TPSA) is 61.4 Å². The Morgan fingerprint density at radius 2 is 2.17 bits per heavy atom. The van der Waals surface area contributed by atoms with Crippen molar-refractivity contribution in [3.8, 4) is 0 Å². The zero-order valence-corrected chi connectivity index (χ0v) is 10.0. The Morgan fingerprint density at radius 1 is 1.44 bits per heavy atom. The summed E-state index contributed by atoms with van der Waals surface area (Å²) in [6.45, 7) is 2.04. The van der Waals surface area contributed by atoms with Crippen LogP contribution < -0.4 is 10.6 Å². The van der Waals surface area contributed by atoms with Crippen molar-refractivity contribution in [1.29, 1.82) is 0 Å². The van der Waals surface area contributed by atoms with Gasteiger partial charge in [-0.3, -0.25) is 0 Å². The van der Waals surface area contributed by atoms with Gasteiger partial charge in [0, 0.05) is 12.6 Å². The standard InChI is InChI=1S/C12H16F2N2O2/c1-8(17)3-2-6-15-12(18)16-11-5-4-9(13)7-10(11)14/h4-5,7-8,17H,2-3,6H2,1H3,(H2,15,16,18). The SMILES string of the molecule is CC(O)CCCNC(=O)Nc1ccc(F)cc1F. The van der Waals surface area contributed by atoms with Crippen LogP contribution >= 0.6 is 0 Å². The second-order valence-electron chi connectivity index (χ2n) is 4.00. The van der Waals surface area contributed by atoms with Gasteiger partial charge in [0.1, 0.15) is 11.6 Å². The fourth-order valence-corrected chi connectivity index (χ4v) is 1.36. The van der Waals surface area contributed by atoms with E-state index in [2.05, 4.69) is 10.6 Å². The zero-order valence-electron chi connectivity index (χ0n) is 10.0. The van der Waals surface area contributed by atoms with Crippen LogP contribution in [-0.4, -0.2) is 23.8 Å². The highest BCUT2D eigenvalue weighted by Crippen LogP contribution is 2.14. The average molecular weight is 258 g/mol. The molecule has 100 valence electrons. The van der Waals surface area contributed by atoms with Crippen molar-refractivity contribution in [2.24, 2.45) is 0 Å². The molecule has 0 spiro atoms. The van der Waals surface area contributed by atoms with E-state index in [-0.39, 0.29) is 5.69 Å². The Hall–Kier alpha value is -1.69. The van der Waals surface area contributed by atoms with E-state index >= 15 is 0 Å². The van der Waals surface area contributed by atoms with Crippen molar-refractivity contribution in [2.75, 3.05) is 11.9 Å². The number of urea groups is 1. The normalized spacial score (nSPS) is 12.0. The number of nitrogens with one attached hydrogen (secondary N) is 2. The van der Waals surface area contributed by atoms with Gasteiger partial charge in [-0.25, -0.2) is 13.6 Å². The summed E-state index contributed by atoms with van der Waals surface area (Å²) in [7, 11) is 0. The zero-order chi connectivity index (χ0) is 13.5. The highest BCUT2D eigenvalue weighted by atomic mass is 19.1. The fourth-order valence-electron chi connectivity index (χ4n) is 1.36. The summed E-state index contributed by atoms with van der Waals surface area (Å²) in [5, 5.41) is 13.8. The quantitative estimate of drug-likeness (QED) is 0.709. The molecule has 1 rings (SSSR count). The maximum Gasteiger partial charge on any atom is 0.319 e. The highest BCUT2D eigenvalue weighted by molar-refractivity contribution is 5.89. The Bertz CT molecular complexity index is 411. The van der Waals surface area contributed by atoms with Gasteiger partial charge < -0.3 is 15.7 Å². The Morgan fingerprint density at radius 3 is 2.78 bits per heavy atom. The monoisotopic (exact) mass is 258 g/mol. The van der Waals surface area contributed by atoms with Crippen LogP contribution in [0.5, 0.6) is 0 Å². The maximum absolute atomic E-state index is 13.2. The number of amides is 2. The molecule has 18 heavy (non-hydrogen) atoms. The minimum Gasteiger partial charge on any atom is -0.393 e. The van der Waals surface area contributed by atoms with E-state index in [4.69, 9.17) is 5.11 Å². The molecule has 3 N–H and O–H groups in total. The van der Waals surface area contributed by atoms with Gasteiger partial charge in [0.05, 0.1) is 11.8 Å². The van der Waals surface area contributed by atoms with Gasteiger partial charge in [-0.1, -0.05) is 0 Å². The van der Waals surface area contributed by atoms with Gasteiger partial charge in [-0.2, -0.15) is 0 Å². The Balaban J connectivity index is 2.35. The highest BCUT2D eigenvalue weighted by Gasteiger charge is 2.07. The molecule has 0 aliphatic rings. The molecule has 0 fully saturated rings. The third kappa shape index (κ3) is 5.09. The Kier molecular flexibility index (Phi) is 5.51. The van der Waals surface area contributed by atoms with Crippen LogP contribution in [0.3, 0.4) is 0 Å². The molecule has 0 radical (unpaired) electrons. The lowest BCUT2D eigenvalue weighted by Gasteiger charge is -2.09. The molecule has 2 amide bonds. The largest absolute Gasteiger partial charge is 0.393 e. The maximum atomic E-state index is 13.2. The second kappa shape index (κ2) is 6.90. The third-order valence-electron chi connectivity index (χ3n) is 2.26. The number of aliphatic hydroxyl groups excluding tert-OH is 1. The van der Waals surface area contributed by atoms with Gasteiger partial charge in [-0.05, 0) is 31.9 Å². The first-order valence-electron chi connectivity index (χ1n) is 5.67. The summed E-state index contributed by atoms with van der Waals surface area (Å²) < 4.78 is 25.8. The minimum absolute atomic E-state index is 0.0792. The van der Waals surface area contributed by atoms with Crippen molar-refractivity contribution in [2.45, 2.75) is 25.9 Å². The molecule has 0 heterocycles. The van der Waals surface area contributed by atoms with Gasteiger partial charge in [-0.15, -0.1) is 0 Å². The summed E-state index contributed by atoms with van der Waals surface area (Å²) in [5.74, 6) is -1.52. The van der Waals surface area contributed by atoms with Crippen LogP contribution in [0.4, 0.5) is 19.3 Å². The lowest BCUT2D eigenvalue weighted by atomic mass is 10.2. The first-order valence-corrected chi connectivity index (χ1v) is 5.67. The first kappa shape index (κ1) is 14.4. The number of carbonyl (C=O) groups excluding carboxylic acids is 1. The molecule has 1 unspecified atom stereocenters. The molecule has 0 bridgehead atoms. The molecule has 6 heteroatoms. The van der Waals surface area contributed by atoms with Gasteiger partial charge in [0.25, 0.3) is 0 Å². The van der Waals surface area contributed by atoms with E-state index < -0.39 is 23.8 Å². The summed E-state index contributed by atoms with van der Waals surface area (Å²) >= 11 is 0. The number of carbonyl (C=O) groups is 1. The Labute approximate surface area is 104 Å². The minimum atomic E-state index is -0.825. The van der Waals surface area contributed by atoms with Crippen molar-refractivity contribution >= 4 is 11.7 Å². The molecule has 0 saturated heterocycles. The molecule has 1 atom stereocenters. The van der Waals surface area contributed by atoms with Crippen molar-refractivity contribution in [3.05, 3.63) is 29.8 Å². The summed E-state index contributed by atoms with van der Waals surface area (Å²) in [6, 6.07) is 2.35. The van der Waals surface area contributed by atoms with Crippen molar-refractivity contribution < 1.29 is 18.7 Å². The fraction of sp³-hybridized carbons (Fsp3) is 0.417. The van der Waals surface area contributed by atoms with Crippen LogP contribution in [-0.2, 0) is 0 Å². The average Bonchev–Trinajstić information content (AvgIpc) is 2.28. The lowest BCUT2D eigenvalue weighted by molar-refractivity contribution is 0.181. The van der Waals surface area contributed by atoms with E-state index in [1.165, 1.54) is 0 Å². The number of hydrogen-bond acceptors (Lipinski definition) is 2. The van der Waals surface area contributed by atoms with Crippen LogP contribution in [0.15, 0.2) is 18.2 Å². The molecule has 4 nitrogen and oxygen atoms in total. The van der Waals surface area contributed by atoms with Crippen LogP contribution in [0.25, 0.3) is 0 Å². The third-order valence-corrected chi connectivity index (χ3v) is 2.26. The summed E-state index contributed by atoms with van der Waals surface area (Å²) in [4.78, 5) is 11.3. The molecule has 0 aliphatic carbocycles. The van der Waals surface area contributed by atoms with E-state index in [0.29, 0.717) is 25.5 Å². The van der Waals surface area contributed by atoms with Gasteiger partial charge >= 0.3 is 6.03 Å². The van der Waals surface area contributed by atoms with E-state index in [0.717, 1.165) is 12.1 Å². The van der Waals surface area contributed by atoms with Crippen molar-refractivity contribution in [3.63, 3.8) is 0 Å². The number of rotatable bonds is 5. The van der Waals surface area contributed by atoms with Crippen LogP contribution in [0.1, 0.15) is 19.8 Å². The number of aliphatic hydroxyl groups is 1. The molecular weight excluding hydrogens is 242 g/mol. The van der Waals surface area contributed by atoms with Gasteiger partial charge in [0.2, 0.25) is 0 Å². The smallest absolute Gasteiger partial charge is 0.319 e. The summed E-state index contributed by atoms with van der Waals surface area (Å²) in [5.41, 5.74) is -0.0792. The predicted molar refractivity (Wildman–Crippen MR) is 64.3 cm³/mol. The van der Waals surface area contributed by atoms with Crippen LogP contribution in [0.2, 0.25) is 0 Å². The molecule has 0 aliphatic heterocycles. The van der Waals surface area contributed by atoms with Crippen LogP contribution in [0, 0.1) is 11.6 Å². The summed E-state index contributed by atoms with van der Waals surface area (Å²) in [6.07, 6.45) is 0.784. The predicted octanol–water partition coefficient (Wildman–Crippen LogP) is 2.25. The molecule has 1 aromatic carbocycles. The molecule has 0 saturated carbocycles. The molecule has 1 aromatic rings. The lowest BCUT2D eigenvalue weighted by Crippen LogP contribution is -2.30. The van der Waals surface area contributed by atoms with Crippen molar-refractivity contribution in [1.82, 2.24) is 5.32 Å². The number of hydrogen-bond donors (Lipinski definition) is 3. The second-order valence-corrected chi connectivity index (χ2v) is 4.00. The van der Waals surface area contributed by atoms with Gasteiger partial charge in [0.15, 0.2) is 0 Å². The van der Waals surface area contributed by atoms with E-state index in [1.807, 2.05) is 0 Å². The first-order chi connectivity index (χ1) is 8.49. The number of benzene rings is 1. The molecule has 0 aromatic heterocycles. The van der Waals surface area contributed by atoms with E-state index in [1.54, 1.807) is 6.92 Å².